The first-order chi connectivity index (χ1) is 15.7. The van der Waals surface area contributed by atoms with Crippen LogP contribution in [0.3, 0.4) is 0 Å². The largest absolute Gasteiger partial charge is 0.352 e. The Bertz CT molecular complexity index is 899. The maximum absolute atomic E-state index is 15.3. The second-order valence-corrected chi connectivity index (χ2v) is 10.2. The van der Waals surface area contributed by atoms with E-state index in [0.29, 0.717) is 36.4 Å². The Morgan fingerprint density at radius 1 is 1.39 bits per heavy atom. The normalized spacial score (nSPS) is 25.3. The Hall–Kier alpha value is -2.04. The molecule has 182 valence electrons. The molecule has 9 nitrogen and oxygen atoms in total. The first kappa shape index (κ1) is 24.1. The topological polar surface area (TPSA) is 102 Å². The van der Waals surface area contributed by atoms with E-state index in [1.165, 1.54) is 0 Å². The van der Waals surface area contributed by atoms with E-state index < -0.39 is 11.7 Å². The highest BCUT2D eigenvalue weighted by Crippen LogP contribution is 2.53. The van der Waals surface area contributed by atoms with Gasteiger partial charge in [-0.05, 0) is 50.4 Å². The number of carbonyl (C=O) groups is 2. The first-order valence-corrected chi connectivity index (χ1v) is 11.9. The average molecular weight is 483 g/mol. The van der Waals surface area contributed by atoms with Crippen LogP contribution in [0.25, 0.3) is 0 Å². The van der Waals surface area contributed by atoms with E-state index in [4.69, 9.17) is 11.6 Å². The monoisotopic (exact) mass is 482 g/mol. The van der Waals surface area contributed by atoms with Crippen LogP contribution in [-0.2, 0) is 16.1 Å². The Morgan fingerprint density at radius 3 is 2.76 bits per heavy atom. The molecule has 0 spiro atoms. The number of amides is 2. The fraction of sp³-hybridized carbons (Fsp3) is 0.727. The molecule has 2 amide bonds. The number of carbonyl (C=O) groups excluding carboxylic acids is 2. The van der Waals surface area contributed by atoms with Crippen molar-refractivity contribution < 1.29 is 19.2 Å². The van der Waals surface area contributed by atoms with Crippen LogP contribution in [0.2, 0.25) is 5.28 Å². The van der Waals surface area contributed by atoms with Gasteiger partial charge in [0.2, 0.25) is 17.6 Å². The minimum absolute atomic E-state index is 0.0219. The van der Waals surface area contributed by atoms with Gasteiger partial charge in [-0.25, -0.2) is 14.4 Å². The number of rotatable bonds is 10. The molecular weight excluding hydrogens is 451 g/mol. The molecule has 2 heterocycles. The zero-order valence-electron chi connectivity index (χ0n) is 19.1. The second-order valence-electron chi connectivity index (χ2n) is 9.88. The van der Waals surface area contributed by atoms with Crippen molar-refractivity contribution in [3.63, 3.8) is 0 Å². The lowest BCUT2D eigenvalue weighted by molar-refractivity contribution is -0.155. The van der Waals surface area contributed by atoms with E-state index in [9.17, 15) is 14.8 Å². The van der Waals surface area contributed by atoms with Crippen molar-refractivity contribution in [2.75, 3.05) is 38.6 Å². The number of hydroxylamine groups is 2. The van der Waals surface area contributed by atoms with Crippen LogP contribution in [0.4, 0.5) is 10.2 Å². The fourth-order valence-corrected chi connectivity index (χ4v) is 5.76. The third-order valence-electron chi connectivity index (χ3n) is 7.59. The lowest BCUT2D eigenvalue weighted by atomic mass is 9.92. The van der Waals surface area contributed by atoms with Gasteiger partial charge in [-0.1, -0.05) is 25.7 Å². The van der Waals surface area contributed by atoms with Crippen molar-refractivity contribution in [2.45, 2.75) is 50.6 Å². The first-order valence-electron chi connectivity index (χ1n) is 11.6. The highest BCUT2D eigenvalue weighted by Gasteiger charge is 2.62. The van der Waals surface area contributed by atoms with Gasteiger partial charge in [-0.15, -0.1) is 0 Å². The summed E-state index contributed by atoms with van der Waals surface area (Å²) in [6.45, 7) is 1.12. The molecule has 11 heteroatoms. The predicted octanol–water partition coefficient (Wildman–Crippen LogP) is 2.07. The van der Waals surface area contributed by atoms with Crippen molar-refractivity contribution in [3.8, 4) is 0 Å². The molecule has 1 aliphatic heterocycles. The summed E-state index contributed by atoms with van der Waals surface area (Å²) in [4.78, 5) is 36.0. The van der Waals surface area contributed by atoms with Gasteiger partial charge in [0.05, 0.1) is 19.0 Å². The molecule has 2 aliphatic carbocycles. The summed E-state index contributed by atoms with van der Waals surface area (Å²) in [5, 5.41) is 12.8. The Balaban J connectivity index is 1.43. The van der Waals surface area contributed by atoms with Gasteiger partial charge in [-0.3, -0.25) is 14.8 Å². The molecule has 3 aliphatic rings. The van der Waals surface area contributed by atoms with Crippen LogP contribution in [0.5, 0.6) is 0 Å². The van der Waals surface area contributed by atoms with E-state index in [2.05, 4.69) is 20.2 Å². The molecule has 2 unspecified atom stereocenters. The van der Waals surface area contributed by atoms with E-state index in [-0.39, 0.29) is 47.7 Å². The van der Waals surface area contributed by atoms with Crippen molar-refractivity contribution in [3.05, 3.63) is 16.8 Å². The number of likely N-dealkylation sites (N-methyl/N-ethyl adjacent to an activating group) is 1. The standard InChI is InChI=1S/C22H32ClFN6O3/c1-28(2)22-8-16(22)11-29(12-22)19-18(24)17(26-21(23)27-19)9-25-20(32)15(10-30(33)13-31)7-14-5-3-4-6-14/h13-16,33H,3-12H2,1-2H3,(H,25,32)/t15-,16?,22?/m1/s1. The maximum atomic E-state index is 15.3. The van der Waals surface area contributed by atoms with Crippen molar-refractivity contribution >= 4 is 29.7 Å². The summed E-state index contributed by atoms with van der Waals surface area (Å²) in [7, 11) is 4.07. The van der Waals surface area contributed by atoms with Crippen LogP contribution in [0.15, 0.2) is 0 Å². The summed E-state index contributed by atoms with van der Waals surface area (Å²) in [5.41, 5.74) is 0.0779. The number of fused-ring (bicyclic) bond motifs is 1. The predicted molar refractivity (Wildman–Crippen MR) is 120 cm³/mol. The van der Waals surface area contributed by atoms with Crippen molar-refractivity contribution in [1.82, 2.24) is 25.2 Å². The minimum atomic E-state index is -0.589. The molecule has 0 radical (unpaired) electrons. The van der Waals surface area contributed by atoms with E-state index in [0.717, 1.165) is 32.1 Å². The third kappa shape index (κ3) is 5.07. The quantitative estimate of drug-likeness (QED) is 0.228. The van der Waals surface area contributed by atoms with E-state index >= 15 is 4.39 Å². The van der Waals surface area contributed by atoms with Crippen LogP contribution in [-0.4, -0.2) is 76.7 Å². The summed E-state index contributed by atoms with van der Waals surface area (Å²) >= 11 is 6.11. The molecule has 0 aromatic carbocycles. The summed E-state index contributed by atoms with van der Waals surface area (Å²) in [6, 6.07) is 0. The van der Waals surface area contributed by atoms with Crippen LogP contribution in [0, 0.1) is 23.6 Å². The maximum Gasteiger partial charge on any atom is 0.233 e. The molecule has 2 saturated carbocycles. The summed E-state index contributed by atoms with van der Waals surface area (Å²) in [6.07, 6.45) is 6.24. The van der Waals surface area contributed by atoms with Crippen LogP contribution < -0.4 is 10.2 Å². The summed E-state index contributed by atoms with van der Waals surface area (Å²) in [5.74, 6) is -0.513. The Morgan fingerprint density at radius 2 is 2.12 bits per heavy atom. The molecule has 1 saturated heterocycles. The van der Waals surface area contributed by atoms with Gasteiger partial charge >= 0.3 is 0 Å². The van der Waals surface area contributed by atoms with Gasteiger partial charge in [0.1, 0.15) is 5.69 Å². The molecule has 1 aromatic rings. The smallest absolute Gasteiger partial charge is 0.233 e. The summed E-state index contributed by atoms with van der Waals surface area (Å²) < 4.78 is 15.3. The highest BCUT2D eigenvalue weighted by atomic mass is 35.5. The number of hydrogen-bond donors (Lipinski definition) is 2. The van der Waals surface area contributed by atoms with Crippen LogP contribution >= 0.6 is 11.6 Å². The zero-order valence-corrected chi connectivity index (χ0v) is 19.9. The highest BCUT2D eigenvalue weighted by molar-refractivity contribution is 6.28. The molecule has 2 N–H and O–H groups in total. The lowest BCUT2D eigenvalue weighted by Crippen LogP contribution is -2.39. The number of piperidine rings is 1. The number of nitrogens with zero attached hydrogens (tertiary/aromatic N) is 5. The number of hydrogen-bond acceptors (Lipinski definition) is 7. The number of nitrogens with one attached hydrogen (secondary N) is 1. The van der Waals surface area contributed by atoms with E-state index in [1.807, 2.05) is 19.0 Å². The average Bonchev–Trinajstić information content (AvgIpc) is 3.12. The minimum Gasteiger partial charge on any atom is -0.352 e. The number of aromatic nitrogens is 2. The molecule has 3 atom stereocenters. The number of halogens is 2. The van der Waals surface area contributed by atoms with Crippen LogP contribution in [0.1, 0.15) is 44.2 Å². The molecule has 33 heavy (non-hydrogen) atoms. The molecule has 3 fully saturated rings. The zero-order chi connectivity index (χ0) is 23.8. The fourth-order valence-electron chi connectivity index (χ4n) is 5.58. The molecule has 1 aromatic heterocycles. The van der Waals surface area contributed by atoms with Gasteiger partial charge in [0.25, 0.3) is 0 Å². The van der Waals surface area contributed by atoms with Gasteiger partial charge < -0.3 is 15.1 Å². The van der Waals surface area contributed by atoms with Crippen molar-refractivity contribution in [2.24, 2.45) is 17.8 Å². The lowest BCUT2D eigenvalue weighted by Gasteiger charge is -2.26. The van der Waals surface area contributed by atoms with Crippen molar-refractivity contribution in [1.29, 1.82) is 0 Å². The Labute approximate surface area is 198 Å². The van der Waals surface area contributed by atoms with Gasteiger partial charge in [-0.2, -0.15) is 4.98 Å². The SMILES string of the molecule is CN(C)C12CC1CN(c1nc(Cl)nc(CNC(=O)[C@H](CC3CCCC3)CN(O)C=O)c1F)C2. The Kier molecular flexibility index (Phi) is 7.07. The molecule has 0 bridgehead atoms. The van der Waals surface area contributed by atoms with E-state index in [1.54, 1.807) is 0 Å². The number of anilines is 1. The van der Waals surface area contributed by atoms with Gasteiger partial charge in [0, 0.05) is 18.6 Å². The van der Waals surface area contributed by atoms with Gasteiger partial charge in [0.15, 0.2) is 11.6 Å². The molecule has 4 rings (SSSR count). The molecular formula is C22H32ClFN6O3. The second kappa shape index (κ2) is 9.68. The third-order valence-corrected chi connectivity index (χ3v) is 7.76.